The smallest absolute Gasteiger partial charge is 0.238 e. The molecule has 0 aromatic rings. The van der Waals surface area contributed by atoms with Gasteiger partial charge < -0.3 is 10.2 Å². The number of terminal acetylenes is 1. The quantitative estimate of drug-likeness (QED) is 0.761. The summed E-state index contributed by atoms with van der Waals surface area (Å²) in [6.45, 7) is 6.39. The number of likely N-dealkylation sites (tertiary alicyclic amines) is 1. The second-order valence-corrected chi connectivity index (χ2v) is 5.30. The lowest BCUT2D eigenvalue weighted by Gasteiger charge is -2.28. The van der Waals surface area contributed by atoms with Crippen molar-refractivity contribution in [2.45, 2.75) is 57.7 Å². The number of carbonyl (C=O) groups is 1. The van der Waals surface area contributed by atoms with Gasteiger partial charge in [0.2, 0.25) is 5.91 Å². The highest BCUT2D eigenvalue weighted by Crippen LogP contribution is 2.23. The molecule has 0 spiro atoms. The van der Waals surface area contributed by atoms with Crippen LogP contribution in [0.25, 0.3) is 0 Å². The Kier molecular flexibility index (Phi) is 4.76. The van der Waals surface area contributed by atoms with Gasteiger partial charge in [0.1, 0.15) is 6.04 Å². The summed E-state index contributed by atoms with van der Waals surface area (Å²) < 4.78 is 0. The number of rotatable bonds is 4. The fourth-order valence-electron chi connectivity index (χ4n) is 1.98. The van der Waals surface area contributed by atoms with E-state index in [9.17, 15) is 4.79 Å². The van der Waals surface area contributed by atoms with E-state index in [1.165, 1.54) is 0 Å². The minimum Gasteiger partial charge on any atom is -0.312 e. The van der Waals surface area contributed by atoms with Gasteiger partial charge in [-0.15, -0.1) is 6.42 Å². The van der Waals surface area contributed by atoms with Crippen molar-refractivity contribution in [1.82, 2.24) is 10.2 Å². The van der Waals surface area contributed by atoms with Crippen LogP contribution < -0.4 is 5.32 Å². The predicted octanol–water partition coefficient (Wildman–Crippen LogP) is 1.28. The lowest BCUT2D eigenvalue weighted by atomic mass is 10.0. The molecule has 0 aliphatic carbocycles. The van der Waals surface area contributed by atoms with Crippen LogP contribution in [0, 0.1) is 23.7 Å². The van der Waals surface area contributed by atoms with E-state index in [2.05, 4.69) is 24.2 Å². The van der Waals surface area contributed by atoms with Crippen molar-refractivity contribution in [3.05, 3.63) is 0 Å². The van der Waals surface area contributed by atoms with Crippen LogP contribution in [-0.4, -0.2) is 35.0 Å². The molecule has 1 aliphatic rings. The van der Waals surface area contributed by atoms with Crippen molar-refractivity contribution in [3.63, 3.8) is 0 Å². The summed E-state index contributed by atoms with van der Waals surface area (Å²) >= 11 is 0. The molecule has 0 aromatic carbocycles. The van der Waals surface area contributed by atoms with Crippen LogP contribution in [0.15, 0.2) is 0 Å². The summed E-state index contributed by atoms with van der Waals surface area (Å²) in [4.78, 5) is 13.7. The van der Waals surface area contributed by atoms with E-state index in [1.54, 1.807) is 4.90 Å². The van der Waals surface area contributed by atoms with Gasteiger partial charge in [-0.2, -0.15) is 5.26 Å². The van der Waals surface area contributed by atoms with Gasteiger partial charge in [0.05, 0.1) is 18.7 Å². The van der Waals surface area contributed by atoms with Gasteiger partial charge in [-0.1, -0.05) is 12.8 Å². The Morgan fingerprint density at radius 1 is 1.50 bits per heavy atom. The zero-order valence-corrected chi connectivity index (χ0v) is 11.4. The molecule has 4 nitrogen and oxygen atoms in total. The first-order valence-electron chi connectivity index (χ1n) is 6.37. The number of nitrogens with zero attached hydrogens (tertiary/aromatic N) is 2. The van der Waals surface area contributed by atoms with E-state index >= 15 is 0 Å². The maximum absolute atomic E-state index is 12.2. The summed E-state index contributed by atoms with van der Waals surface area (Å²) in [6.07, 6.45) is 7.74. The lowest BCUT2D eigenvalue weighted by Crippen LogP contribution is -2.49. The molecule has 0 unspecified atom stereocenters. The van der Waals surface area contributed by atoms with Crippen molar-refractivity contribution in [2.75, 3.05) is 6.54 Å². The van der Waals surface area contributed by atoms with Crippen LogP contribution in [0.4, 0.5) is 0 Å². The number of nitrogens with one attached hydrogen (secondary N) is 1. The Bertz CT molecular complexity index is 367. The first-order chi connectivity index (χ1) is 8.45. The third-order valence-electron chi connectivity index (χ3n) is 3.62. The molecule has 2 atom stereocenters. The molecule has 1 N–H and O–H groups in total. The van der Waals surface area contributed by atoms with Crippen LogP contribution in [0.2, 0.25) is 0 Å². The van der Waals surface area contributed by atoms with Crippen molar-refractivity contribution >= 4 is 5.91 Å². The zero-order chi connectivity index (χ0) is 13.8. The second kappa shape index (κ2) is 5.89. The molecule has 0 saturated carbocycles. The normalized spacial score (nSPS) is 23.5. The third kappa shape index (κ3) is 3.24. The minimum absolute atomic E-state index is 0.0801. The van der Waals surface area contributed by atoms with E-state index in [0.717, 1.165) is 12.8 Å². The number of amides is 1. The van der Waals surface area contributed by atoms with E-state index in [4.69, 9.17) is 11.7 Å². The second-order valence-electron chi connectivity index (χ2n) is 5.30. The number of hydrogen-bond acceptors (Lipinski definition) is 3. The Morgan fingerprint density at radius 3 is 2.61 bits per heavy atom. The fourth-order valence-corrected chi connectivity index (χ4v) is 1.98. The van der Waals surface area contributed by atoms with Gasteiger partial charge in [-0.25, -0.2) is 0 Å². The number of hydrogen-bond donors (Lipinski definition) is 1. The summed E-state index contributed by atoms with van der Waals surface area (Å²) in [5, 5.41) is 12.2. The summed E-state index contributed by atoms with van der Waals surface area (Å²) in [5.41, 5.74) is -0.0802. The minimum atomic E-state index is -0.370. The zero-order valence-electron chi connectivity index (χ0n) is 11.4. The molecule has 1 rings (SSSR count). The van der Waals surface area contributed by atoms with Gasteiger partial charge in [0.25, 0.3) is 0 Å². The molecule has 0 aromatic heterocycles. The van der Waals surface area contributed by atoms with E-state index < -0.39 is 0 Å². The predicted molar refractivity (Wildman–Crippen MR) is 70.5 cm³/mol. The first kappa shape index (κ1) is 14.5. The van der Waals surface area contributed by atoms with Crippen molar-refractivity contribution in [3.8, 4) is 18.4 Å². The molecule has 1 heterocycles. The van der Waals surface area contributed by atoms with Crippen molar-refractivity contribution in [2.24, 2.45) is 0 Å². The van der Waals surface area contributed by atoms with E-state index in [0.29, 0.717) is 6.42 Å². The van der Waals surface area contributed by atoms with Crippen LogP contribution in [-0.2, 0) is 4.79 Å². The summed E-state index contributed by atoms with van der Waals surface area (Å²) in [7, 11) is 0. The maximum atomic E-state index is 12.2. The topological polar surface area (TPSA) is 56.1 Å². The molecular weight excluding hydrogens is 226 g/mol. The Hall–Kier alpha value is -1.52. The molecule has 0 radical (unpaired) electrons. The molecule has 4 heteroatoms. The van der Waals surface area contributed by atoms with Crippen LogP contribution in [0.3, 0.4) is 0 Å². The summed E-state index contributed by atoms with van der Waals surface area (Å²) in [5.74, 6) is 2.52. The first-order valence-corrected chi connectivity index (χ1v) is 6.37. The molecule has 1 amide bonds. The number of carbonyl (C=O) groups excluding carboxylic acids is 1. The molecule has 98 valence electrons. The largest absolute Gasteiger partial charge is 0.312 e. The van der Waals surface area contributed by atoms with Gasteiger partial charge >= 0.3 is 0 Å². The lowest BCUT2D eigenvalue weighted by molar-refractivity contribution is -0.131. The highest BCUT2D eigenvalue weighted by molar-refractivity contribution is 5.80. The van der Waals surface area contributed by atoms with E-state index in [1.807, 2.05) is 13.8 Å². The van der Waals surface area contributed by atoms with E-state index in [-0.39, 0.29) is 30.1 Å². The van der Waals surface area contributed by atoms with Crippen molar-refractivity contribution in [1.29, 1.82) is 5.26 Å². The molecule has 1 aliphatic heterocycles. The van der Waals surface area contributed by atoms with Crippen LogP contribution in [0.5, 0.6) is 0 Å². The average molecular weight is 247 g/mol. The van der Waals surface area contributed by atoms with Crippen LogP contribution >= 0.6 is 0 Å². The molecular formula is C14H21N3O. The highest BCUT2D eigenvalue weighted by Gasteiger charge is 2.36. The molecule has 0 bridgehead atoms. The third-order valence-corrected chi connectivity index (χ3v) is 3.62. The van der Waals surface area contributed by atoms with Crippen molar-refractivity contribution < 1.29 is 4.79 Å². The molecule has 1 saturated heterocycles. The fraction of sp³-hybridized carbons (Fsp3) is 0.714. The van der Waals surface area contributed by atoms with Gasteiger partial charge in [-0.05, 0) is 33.1 Å². The standard InChI is InChI=1S/C14H21N3O/c1-5-11-7-8-12(9-15)17(11)13(18)10-16-14(3,4)6-2/h1,11-12,16H,6-8,10H2,2-4H3/t11-,12+/m1/s1. The average Bonchev–Trinajstić information content (AvgIpc) is 2.79. The van der Waals surface area contributed by atoms with Gasteiger partial charge in [-0.3, -0.25) is 4.79 Å². The SMILES string of the molecule is C#C[C@@H]1CC[C@@H](C#N)N1C(=O)CNC(C)(C)CC. The monoisotopic (exact) mass is 247 g/mol. The van der Waals surface area contributed by atoms with Gasteiger partial charge in [0.15, 0.2) is 0 Å². The Morgan fingerprint density at radius 2 is 2.11 bits per heavy atom. The highest BCUT2D eigenvalue weighted by atomic mass is 16.2. The molecule has 1 fully saturated rings. The molecule has 18 heavy (non-hydrogen) atoms. The summed E-state index contributed by atoms with van der Waals surface area (Å²) in [6, 6.07) is 1.55. The number of nitriles is 1. The Balaban J connectivity index is 2.65. The van der Waals surface area contributed by atoms with Crippen LogP contribution in [0.1, 0.15) is 40.0 Å². The maximum Gasteiger partial charge on any atom is 0.238 e. The van der Waals surface area contributed by atoms with Gasteiger partial charge in [0, 0.05) is 5.54 Å². The Labute approximate surface area is 109 Å².